The minimum Gasteiger partial charge on any atom is -0.309 e. The molecule has 0 aliphatic carbocycles. The van der Waals surface area contributed by atoms with Gasteiger partial charge in [-0.3, -0.25) is 0 Å². The first kappa shape index (κ1) is 16.2. The number of nitrogens with one attached hydrogen (secondary N) is 1. The summed E-state index contributed by atoms with van der Waals surface area (Å²) in [6.07, 6.45) is 1.04. The number of hydrogen-bond acceptors (Lipinski definition) is 3. The first-order chi connectivity index (χ1) is 8.86. The molecule has 1 aromatic carbocycles. The van der Waals surface area contributed by atoms with Crippen LogP contribution in [0, 0.1) is 0 Å². The normalized spacial score (nSPS) is 13.7. The minimum atomic E-state index is -2.95. The molecule has 0 amide bonds. The van der Waals surface area contributed by atoms with Crippen molar-refractivity contribution in [2.75, 3.05) is 12.3 Å². The lowest BCUT2D eigenvalue weighted by Gasteiger charge is -2.15. The topological polar surface area (TPSA) is 46.2 Å². The number of hydrogen-bond donors (Lipinski definition) is 1. The van der Waals surface area contributed by atoms with Gasteiger partial charge in [0.05, 0.1) is 11.0 Å². The molecule has 19 heavy (non-hydrogen) atoms. The fourth-order valence-corrected chi connectivity index (χ4v) is 2.69. The largest absolute Gasteiger partial charge is 0.309 e. The molecule has 0 saturated heterocycles. The van der Waals surface area contributed by atoms with Crippen LogP contribution < -0.4 is 5.32 Å². The maximum absolute atomic E-state index is 11.7. The lowest BCUT2D eigenvalue weighted by molar-refractivity contribution is 0.566. The van der Waals surface area contributed by atoms with Gasteiger partial charge in [-0.05, 0) is 38.3 Å². The van der Waals surface area contributed by atoms with Gasteiger partial charge in [-0.1, -0.05) is 31.2 Å². The summed E-state index contributed by atoms with van der Waals surface area (Å²) in [4.78, 5) is 0. The van der Waals surface area contributed by atoms with Crippen molar-refractivity contribution in [2.45, 2.75) is 45.4 Å². The van der Waals surface area contributed by atoms with Crippen LogP contribution in [0.3, 0.4) is 0 Å². The number of benzene rings is 1. The lowest BCUT2D eigenvalue weighted by Crippen LogP contribution is -2.29. The van der Waals surface area contributed by atoms with Crippen molar-refractivity contribution < 1.29 is 8.42 Å². The Balaban J connectivity index is 2.49. The summed E-state index contributed by atoms with van der Waals surface area (Å²) >= 11 is 0. The molecule has 1 N–H and O–H groups in total. The van der Waals surface area contributed by atoms with Gasteiger partial charge in [-0.2, -0.15) is 0 Å². The van der Waals surface area contributed by atoms with Crippen molar-refractivity contribution in [1.29, 1.82) is 0 Å². The van der Waals surface area contributed by atoms with Crippen molar-refractivity contribution in [3.05, 3.63) is 35.4 Å². The molecule has 0 heterocycles. The Labute approximate surface area is 117 Å². The van der Waals surface area contributed by atoms with Gasteiger partial charge in [0.1, 0.15) is 0 Å². The number of sulfone groups is 1. The third kappa shape index (κ3) is 4.96. The highest BCUT2D eigenvalue weighted by Crippen LogP contribution is 2.13. The highest BCUT2D eigenvalue weighted by atomic mass is 32.2. The van der Waals surface area contributed by atoms with Gasteiger partial charge in [0.2, 0.25) is 0 Å². The van der Waals surface area contributed by atoms with Crippen LogP contribution in [0.25, 0.3) is 0 Å². The third-order valence-corrected chi connectivity index (χ3v) is 5.65. The average Bonchev–Trinajstić information content (AvgIpc) is 2.38. The van der Waals surface area contributed by atoms with Crippen LogP contribution >= 0.6 is 0 Å². The van der Waals surface area contributed by atoms with Crippen molar-refractivity contribution >= 4 is 9.84 Å². The second-order valence-electron chi connectivity index (χ2n) is 5.19. The monoisotopic (exact) mass is 283 g/mol. The molecule has 0 radical (unpaired) electrons. The zero-order chi connectivity index (χ0) is 14.5. The Morgan fingerprint density at radius 2 is 1.68 bits per heavy atom. The Hall–Kier alpha value is -0.870. The Kier molecular flexibility index (Phi) is 6.01. The third-order valence-electron chi connectivity index (χ3n) is 3.44. The van der Waals surface area contributed by atoms with E-state index >= 15 is 0 Å². The molecule has 0 saturated carbocycles. The Bertz CT molecular complexity index is 477. The SMILES string of the molecule is CCc1ccc(C(C)NCCS(=O)(=O)C(C)C)cc1. The van der Waals surface area contributed by atoms with E-state index in [1.54, 1.807) is 13.8 Å². The van der Waals surface area contributed by atoms with Crippen LogP contribution in [0.2, 0.25) is 0 Å². The van der Waals surface area contributed by atoms with Crippen LogP contribution in [0.5, 0.6) is 0 Å². The summed E-state index contributed by atoms with van der Waals surface area (Å²) in [5, 5.41) is 2.97. The quantitative estimate of drug-likeness (QED) is 0.837. The molecule has 1 atom stereocenters. The van der Waals surface area contributed by atoms with Crippen molar-refractivity contribution in [3.8, 4) is 0 Å². The molecule has 0 aromatic heterocycles. The van der Waals surface area contributed by atoms with Gasteiger partial charge in [-0.25, -0.2) is 8.42 Å². The molecule has 0 fully saturated rings. The summed E-state index contributed by atoms with van der Waals surface area (Å²) in [6.45, 7) is 8.14. The van der Waals surface area contributed by atoms with E-state index in [-0.39, 0.29) is 17.0 Å². The van der Waals surface area contributed by atoms with Gasteiger partial charge in [-0.15, -0.1) is 0 Å². The molecule has 1 unspecified atom stereocenters. The molecular weight excluding hydrogens is 258 g/mol. The first-order valence-corrected chi connectivity index (χ1v) is 8.62. The second kappa shape index (κ2) is 7.06. The predicted molar refractivity (Wildman–Crippen MR) is 81.2 cm³/mol. The van der Waals surface area contributed by atoms with E-state index in [4.69, 9.17) is 0 Å². The molecule has 1 rings (SSSR count). The van der Waals surface area contributed by atoms with E-state index < -0.39 is 9.84 Å². The lowest BCUT2D eigenvalue weighted by atomic mass is 10.1. The zero-order valence-electron chi connectivity index (χ0n) is 12.3. The Morgan fingerprint density at radius 3 is 2.16 bits per heavy atom. The molecule has 1 aromatic rings. The van der Waals surface area contributed by atoms with E-state index in [1.807, 2.05) is 0 Å². The Morgan fingerprint density at radius 1 is 1.11 bits per heavy atom. The van der Waals surface area contributed by atoms with E-state index in [1.165, 1.54) is 11.1 Å². The first-order valence-electron chi connectivity index (χ1n) is 6.90. The van der Waals surface area contributed by atoms with E-state index in [9.17, 15) is 8.42 Å². The standard InChI is InChI=1S/C15H25NO2S/c1-5-14-6-8-15(9-7-14)13(4)16-10-11-19(17,18)12(2)3/h6-9,12-13,16H,5,10-11H2,1-4H3. The van der Waals surface area contributed by atoms with Gasteiger partial charge < -0.3 is 5.32 Å². The van der Waals surface area contributed by atoms with Crippen molar-refractivity contribution in [3.63, 3.8) is 0 Å². The van der Waals surface area contributed by atoms with Gasteiger partial charge >= 0.3 is 0 Å². The van der Waals surface area contributed by atoms with Gasteiger partial charge in [0.15, 0.2) is 9.84 Å². The molecular formula is C15H25NO2S. The van der Waals surface area contributed by atoms with Crippen molar-refractivity contribution in [1.82, 2.24) is 5.32 Å². The summed E-state index contributed by atoms with van der Waals surface area (Å²) < 4.78 is 23.4. The molecule has 4 heteroatoms. The van der Waals surface area contributed by atoms with E-state index in [0.29, 0.717) is 6.54 Å². The molecule has 0 bridgehead atoms. The van der Waals surface area contributed by atoms with Crippen LogP contribution in [0.1, 0.15) is 44.9 Å². The molecule has 0 spiro atoms. The van der Waals surface area contributed by atoms with E-state index in [0.717, 1.165) is 6.42 Å². The maximum atomic E-state index is 11.7. The zero-order valence-corrected chi connectivity index (χ0v) is 13.1. The second-order valence-corrected chi connectivity index (χ2v) is 7.86. The maximum Gasteiger partial charge on any atom is 0.153 e. The van der Waals surface area contributed by atoms with Crippen LogP contribution in [-0.4, -0.2) is 26.0 Å². The minimum absolute atomic E-state index is 0.174. The average molecular weight is 283 g/mol. The summed E-state index contributed by atoms with van der Waals surface area (Å²) in [7, 11) is -2.95. The molecule has 0 aliphatic rings. The molecule has 3 nitrogen and oxygen atoms in total. The van der Waals surface area contributed by atoms with Gasteiger partial charge in [0, 0.05) is 12.6 Å². The molecule has 108 valence electrons. The highest BCUT2D eigenvalue weighted by molar-refractivity contribution is 7.92. The van der Waals surface area contributed by atoms with Gasteiger partial charge in [0.25, 0.3) is 0 Å². The smallest absolute Gasteiger partial charge is 0.153 e. The van der Waals surface area contributed by atoms with E-state index in [2.05, 4.69) is 43.4 Å². The fourth-order valence-electron chi connectivity index (χ4n) is 1.81. The summed E-state index contributed by atoms with van der Waals surface area (Å²) in [6, 6.07) is 8.63. The predicted octanol–water partition coefficient (Wildman–Crippen LogP) is 2.72. The number of rotatable bonds is 7. The fraction of sp³-hybridized carbons (Fsp3) is 0.600. The van der Waals surface area contributed by atoms with Crippen molar-refractivity contribution in [2.24, 2.45) is 0 Å². The highest BCUT2D eigenvalue weighted by Gasteiger charge is 2.15. The summed E-state index contributed by atoms with van der Waals surface area (Å²) in [5.74, 6) is 0.196. The van der Waals surface area contributed by atoms with Crippen LogP contribution in [0.15, 0.2) is 24.3 Å². The number of aryl methyl sites for hydroxylation is 1. The van der Waals surface area contributed by atoms with Crippen LogP contribution in [-0.2, 0) is 16.3 Å². The molecule has 0 aliphatic heterocycles. The van der Waals surface area contributed by atoms with Crippen LogP contribution in [0.4, 0.5) is 0 Å². The summed E-state index contributed by atoms with van der Waals surface area (Å²) in [5.41, 5.74) is 2.51.